The predicted octanol–water partition coefficient (Wildman–Crippen LogP) is 3.91. The standard InChI is InChI=1S/C19H17N3O3S2/c1-26-15-5-3-2-4-13(15)18(24)22-8-6-14-16(10-22)27-19(20-14)21-17(23)12-7-9-25-11-12/h2-5,7,9,11H,6,8,10H2,1H3,(H,20,21,23). The maximum Gasteiger partial charge on any atom is 0.260 e. The monoisotopic (exact) mass is 399 g/mol. The van der Waals surface area contributed by atoms with Crippen molar-refractivity contribution in [3.8, 4) is 0 Å². The lowest BCUT2D eigenvalue weighted by Crippen LogP contribution is -2.35. The average molecular weight is 399 g/mol. The Bertz CT molecular complexity index is 982. The first-order valence-corrected chi connectivity index (χ1v) is 10.4. The molecule has 0 saturated carbocycles. The summed E-state index contributed by atoms with van der Waals surface area (Å²) >= 11 is 2.99. The number of thioether (sulfide) groups is 1. The van der Waals surface area contributed by atoms with Crippen LogP contribution in [0.2, 0.25) is 0 Å². The second kappa shape index (κ2) is 7.58. The van der Waals surface area contributed by atoms with E-state index in [1.165, 1.54) is 23.9 Å². The van der Waals surface area contributed by atoms with E-state index in [4.69, 9.17) is 4.42 Å². The van der Waals surface area contributed by atoms with Crippen LogP contribution in [-0.2, 0) is 13.0 Å². The molecule has 0 spiro atoms. The molecule has 0 radical (unpaired) electrons. The average Bonchev–Trinajstić information content (AvgIpc) is 3.36. The number of thiazole rings is 1. The number of carbonyl (C=O) groups excluding carboxylic acids is 2. The fraction of sp³-hybridized carbons (Fsp3) is 0.211. The van der Waals surface area contributed by atoms with Gasteiger partial charge < -0.3 is 9.32 Å². The molecular weight excluding hydrogens is 382 g/mol. The molecule has 2 aromatic heterocycles. The zero-order valence-corrected chi connectivity index (χ0v) is 16.2. The summed E-state index contributed by atoms with van der Waals surface area (Å²) < 4.78 is 4.93. The van der Waals surface area contributed by atoms with E-state index < -0.39 is 0 Å². The maximum atomic E-state index is 12.9. The largest absolute Gasteiger partial charge is 0.472 e. The van der Waals surface area contributed by atoms with Gasteiger partial charge in [0.15, 0.2) is 5.13 Å². The first-order valence-electron chi connectivity index (χ1n) is 8.40. The van der Waals surface area contributed by atoms with Gasteiger partial charge in [-0.1, -0.05) is 23.5 Å². The molecule has 0 bridgehead atoms. The van der Waals surface area contributed by atoms with E-state index >= 15 is 0 Å². The van der Waals surface area contributed by atoms with E-state index in [9.17, 15) is 9.59 Å². The number of nitrogens with zero attached hydrogens (tertiary/aromatic N) is 2. The van der Waals surface area contributed by atoms with Gasteiger partial charge in [-0.3, -0.25) is 14.9 Å². The van der Waals surface area contributed by atoms with E-state index in [0.717, 1.165) is 21.0 Å². The molecular formula is C19H17N3O3S2. The van der Waals surface area contributed by atoms with Gasteiger partial charge in [-0.05, 0) is 24.5 Å². The van der Waals surface area contributed by atoms with Crippen molar-refractivity contribution in [2.75, 3.05) is 18.1 Å². The van der Waals surface area contributed by atoms with Crippen molar-refractivity contribution in [1.82, 2.24) is 9.88 Å². The van der Waals surface area contributed by atoms with Gasteiger partial charge >= 0.3 is 0 Å². The van der Waals surface area contributed by atoms with Crippen LogP contribution in [0.5, 0.6) is 0 Å². The highest BCUT2D eigenvalue weighted by Gasteiger charge is 2.26. The van der Waals surface area contributed by atoms with E-state index in [0.29, 0.717) is 30.2 Å². The Labute approximate surface area is 164 Å². The topological polar surface area (TPSA) is 75.4 Å². The lowest BCUT2D eigenvalue weighted by Gasteiger charge is -2.26. The van der Waals surface area contributed by atoms with Crippen LogP contribution >= 0.6 is 23.1 Å². The van der Waals surface area contributed by atoms with Gasteiger partial charge in [-0.2, -0.15) is 0 Å². The number of amides is 2. The molecule has 8 heteroatoms. The molecule has 27 heavy (non-hydrogen) atoms. The second-order valence-electron chi connectivity index (χ2n) is 6.03. The SMILES string of the molecule is CSc1ccccc1C(=O)N1CCc2nc(NC(=O)c3ccoc3)sc2C1. The van der Waals surface area contributed by atoms with E-state index in [1.807, 2.05) is 35.4 Å². The lowest BCUT2D eigenvalue weighted by atomic mass is 10.1. The fourth-order valence-corrected chi connectivity index (χ4v) is 4.59. The van der Waals surface area contributed by atoms with Crippen molar-refractivity contribution in [1.29, 1.82) is 0 Å². The molecule has 1 N–H and O–H groups in total. The fourth-order valence-electron chi connectivity index (χ4n) is 2.98. The molecule has 6 nitrogen and oxygen atoms in total. The zero-order valence-electron chi connectivity index (χ0n) is 14.6. The zero-order chi connectivity index (χ0) is 18.8. The van der Waals surface area contributed by atoms with Crippen LogP contribution in [0.15, 0.2) is 52.2 Å². The number of carbonyl (C=O) groups is 2. The molecule has 1 aromatic carbocycles. The highest BCUT2D eigenvalue weighted by Crippen LogP contribution is 2.30. The summed E-state index contributed by atoms with van der Waals surface area (Å²) in [6.45, 7) is 1.13. The number of furan rings is 1. The first kappa shape index (κ1) is 17.8. The molecule has 3 aromatic rings. The maximum absolute atomic E-state index is 12.9. The van der Waals surface area contributed by atoms with Gasteiger partial charge in [0.2, 0.25) is 0 Å². The van der Waals surface area contributed by atoms with Crippen molar-refractivity contribution >= 4 is 40.0 Å². The molecule has 0 saturated heterocycles. The third kappa shape index (κ3) is 3.63. The summed E-state index contributed by atoms with van der Waals surface area (Å²) in [6, 6.07) is 9.26. The Kier molecular flexibility index (Phi) is 5.00. The van der Waals surface area contributed by atoms with E-state index in [2.05, 4.69) is 10.3 Å². The molecule has 0 atom stereocenters. The molecule has 0 aliphatic carbocycles. The quantitative estimate of drug-likeness (QED) is 0.673. The molecule has 3 heterocycles. The molecule has 138 valence electrons. The Morgan fingerprint density at radius 1 is 1.30 bits per heavy atom. The number of nitrogens with one attached hydrogen (secondary N) is 1. The van der Waals surface area contributed by atoms with Crippen molar-refractivity contribution < 1.29 is 14.0 Å². The third-order valence-electron chi connectivity index (χ3n) is 4.36. The second-order valence-corrected chi connectivity index (χ2v) is 7.96. The highest BCUT2D eigenvalue weighted by atomic mass is 32.2. The van der Waals surface area contributed by atoms with Gasteiger partial charge in [0.05, 0.1) is 29.6 Å². The van der Waals surface area contributed by atoms with Crippen LogP contribution in [0.25, 0.3) is 0 Å². The highest BCUT2D eigenvalue weighted by molar-refractivity contribution is 7.98. The van der Waals surface area contributed by atoms with E-state index in [1.54, 1.807) is 17.8 Å². The van der Waals surface area contributed by atoms with Crippen molar-refractivity contribution in [2.24, 2.45) is 0 Å². The number of fused-ring (bicyclic) bond motifs is 1. The molecule has 4 rings (SSSR count). The Morgan fingerprint density at radius 2 is 2.15 bits per heavy atom. The Balaban J connectivity index is 1.49. The van der Waals surface area contributed by atoms with Crippen LogP contribution in [-0.4, -0.2) is 34.5 Å². The number of rotatable bonds is 4. The van der Waals surface area contributed by atoms with Crippen LogP contribution < -0.4 is 5.32 Å². The normalized spacial score (nSPS) is 13.3. The predicted molar refractivity (Wildman–Crippen MR) is 105 cm³/mol. The molecule has 0 fully saturated rings. The number of hydrogen-bond donors (Lipinski definition) is 1. The smallest absolute Gasteiger partial charge is 0.260 e. The summed E-state index contributed by atoms with van der Waals surface area (Å²) in [5.74, 6) is -0.223. The van der Waals surface area contributed by atoms with Crippen molar-refractivity contribution in [2.45, 2.75) is 17.9 Å². The van der Waals surface area contributed by atoms with Gasteiger partial charge in [-0.15, -0.1) is 11.8 Å². The number of benzene rings is 1. The van der Waals surface area contributed by atoms with Crippen molar-refractivity contribution in [3.63, 3.8) is 0 Å². The van der Waals surface area contributed by atoms with Crippen LogP contribution in [0.1, 0.15) is 31.3 Å². The first-order chi connectivity index (χ1) is 13.2. The third-order valence-corrected chi connectivity index (χ3v) is 6.15. The van der Waals surface area contributed by atoms with Crippen LogP contribution in [0.4, 0.5) is 5.13 Å². The van der Waals surface area contributed by atoms with E-state index in [-0.39, 0.29) is 11.8 Å². The molecule has 2 amide bonds. The molecule has 0 unspecified atom stereocenters. The molecule has 1 aliphatic heterocycles. The summed E-state index contributed by atoms with van der Waals surface area (Å²) in [6.07, 6.45) is 5.50. The summed E-state index contributed by atoms with van der Waals surface area (Å²) in [5, 5.41) is 3.34. The van der Waals surface area contributed by atoms with Gasteiger partial charge in [0, 0.05) is 22.7 Å². The van der Waals surface area contributed by atoms with Crippen molar-refractivity contribution in [3.05, 3.63) is 64.6 Å². The Hall–Kier alpha value is -2.58. The van der Waals surface area contributed by atoms with Gasteiger partial charge in [0.1, 0.15) is 6.26 Å². The molecule has 1 aliphatic rings. The summed E-state index contributed by atoms with van der Waals surface area (Å²) in [5.41, 5.74) is 2.13. The minimum absolute atomic E-state index is 0.0305. The van der Waals surface area contributed by atoms with Gasteiger partial charge in [0.25, 0.3) is 11.8 Å². The Morgan fingerprint density at radius 3 is 2.93 bits per heavy atom. The van der Waals surface area contributed by atoms with Crippen LogP contribution in [0, 0.1) is 0 Å². The number of hydrogen-bond acceptors (Lipinski definition) is 6. The van der Waals surface area contributed by atoms with Gasteiger partial charge in [-0.25, -0.2) is 4.98 Å². The summed E-state index contributed by atoms with van der Waals surface area (Å²) in [4.78, 5) is 33.4. The minimum atomic E-state index is -0.253. The number of anilines is 1. The summed E-state index contributed by atoms with van der Waals surface area (Å²) in [7, 11) is 0. The lowest BCUT2D eigenvalue weighted by molar-refractivity contribution is 0.0732. The number of aromatic nitrogens is 1. The minimum Gasteiger partial charge on any atom is -0.472 e. The van der Waals surface area contributed by atoms with Crippen LogP contribution in [0.3, 0.4) is 0 Å².